The van der Waals surface area contributed by atoms with E-state index in [0.717, 1.165) is 24.0 Å². The van der Waals surface area contributed by atoms with Crippen LogP contribution >= 0.6 is 0 Å². The van der Waals surface area contributed by atoms with Crippen LogP contribution < -0.4 is 11.3 Å². The Morgan fingerprint density at radius 2 is 2.31 bits per heavy atom. The van der Waals surface area contributed by atoms with Crippen molar-refractivity contribution in [3.63, 3.8) is 0 Å². The zero-order valence-corrected chi connectivity index (χ0v) is 8.13. The fourth-order valence-corrected chi connectivity index (χ4v) is 1.45. The number of H-pyrrole nitrogens is 1. The van der Waals surface area contributed by atoms with Crippen LogP contribution in [0.25, 0.3) is 0 Å². The molecule has 1 heterocycles. The Hall–Kier alpha value is -1.09. The van der Waals surface area contributed by atoms with Crippen LogP contribution in [-0.2, 0) is 0 Å². The summed E-state index contributed by atoms with van der Waals surface area (Å²) < 4.78 is 0. The monoisotopic (exact) mass is 180 g/mol. The maximum atomic E-state index is 10.9. The van der Waals surface area contributed by atoms with E-state index in [9.17, 15) is 4.79 Å². The van der Waals surface area contributed by atoms with Gasteiger partial charge in [0.05, 0.1) is 0 Å². The van der Waals surface area contributed by atoms with E-state index < -0.39 is 0 Å². The van der Waals surface area contributed by atoms with Crippen molar-refractivity contribution < 1.29 is 0 Å². The van der Waals surface area contributed by atoms with Crippen LogP contribution in [0.1, 0.15) is 36.9 Å². The lowest BCUT2D eigenvalue weighted by molar-refractivity contribution is 0.632. The Labute approximate surface area is 78.0 Å². The molecule has 72 valence electrons. The van der Waals surface area contributed by atoms with Crippen molar-refractivity contribution in [2.24, 2.45) is 5.73 Å². The lowest BCUT2D eigenvalue weighted by Crippen LogP contribution is -2.15. The van der Waals surface area contributed by atoms with Gasteiger partial charge in [0.2, 0.25) is 5.56 Å². The topological polar surface area (TPSA) is 58.9 Å². The summed E-state index contributed by atoms with van der Waals surface area (Å²) in [6, 6.07) is 1.63. The minimum Gasteiger partial charge on any atom is -0.329 e. The maximum Gasteiger partial charge on any atom is 0.248 e. The molecule has 3 nitrogen and oxygen atoms in total. The molecule has 3 N–H and O–H groups in total. The van der Waals surface area contributed by atoms with Crippen LogP contribution in [0.5, 0.6) is 0 Å². The molecular formula is C10H16N2O. The lowest BCUT2D eigenvalue weighted by atomic mass is 10.0. The van der Waals surface area contributed by atoms with Gasteiger partial charge in [-0.05, 0) is 24.5 Å². The third-order valence-electron chi connectivity index (χ3n) is 2.17. The van der Waals surface area contributed by atoms with Crippen LogP contribution in [0.15, 0.2) is 17.1 Å². The van der Waals surface area contributed by atoms with Gasteiger partial charge >= 0.3 is 0 Å². The minimum absolute atomic E-state index is 0.0434. The zero-order valence-electron chi connectivity index (χ0n) is 8.13. The molecule has 0 amide bonds. The average molecular weight is 180 g/mol. The molecule has 0 aliphatic carbocycles. The quantitative estimate of drug-likeness (QED) is 0.740. The molecule has 0 spiro atoms. The molecule has 0 fully saturated rings. The van der Waals surface area contributed by atoms with Crippen LogP contribution in [0.4, 0.5) is 0 Å². The average Bonchev–Trinajstić information content (AvgIpc) is 2.04. The van der Waals surface area contributed by atoms with Crippen LogP contribution in [0.3, 0.4) is 0 Å². The Morgan fingerprint density at radius 3 is 2.85 bits per heavy atom. The highest BCUT2D eigenvalue weighted by atomic mass is 16.1. The second kappa shape index (κ2) is 4.23. The van der Waals surface area contributed by atoms with Gasteiger partial charge in [0.15, 0.2) is 0 Å². The van der Waals surface area contributed by atoms with Crippen LogP contribution in [-0.4, -0.2) is 4.98 Å². The molecule has 0 saturated heterocycles. The van der Waals surface area contributed by atoms with Gasteiger partial charge in [-0.15, -0.1) is 0 Å². The van der Waals surface area contributed by atoms with Gasteiger partial charge in [0.25, 0.3) is 0 Å². The number of aromatic amines is 1. The van der Waals surface area contributed by atoms with Crippen LogP contribution in [0, 0.1) is 6.92 Å². The second-order valence-electron chi connectivity index (χ2n) is 3.33. The van der Waals surface area contributed by atoms with Crippen molar-refractivity contribution in [2.75, 3.05) is 0 Å². The van der Waals surface area contributed by atoms with E-state index >= 15 is 0 Å². The first kappa shape index (κ1) is 9.99. The van der Waals surface area contributed by atoms with Crippen molar-refractivity contribution in [3.05, 3.63) is 33.7 Å². The number of pyridine rings is 1. The van der Waals surface area contributed by atoms with E-state index in [1.807, 2.05) is 6.92 Å². The highest BCUT2D eigenvalue weighted by molar-refractivity contribution is 5.24. The Bertz CT molecular complexity index is 330. The first-order chi connectivity index (χ1) is 6.15. The lowest BCUT2D eigenvalue weighted by Gasteiger charge is -2.12. The summed E-state index contributed by atoms with van der Waals surface area (Å²) in [4.78, 5) is 13.6. The standard InChI is InChI=1S/C10H16N2O/c1-3-4-9(11)8-6-12-10(13)5-7(8)2/h5-6,9H,3-4,11H2,1-2H3,(H,12,13)/t9-/m0/s1. The maximum absolute atomic E-state index is 10.9. The van der Waals surface area contributed by atoms with Gasteiger partial charge in [-0.1, -0.05) is 13.3 Å². The molecule has 1 rings (SSSR count). The fourth-order valence-electron chi connectivity index (χ4n) is 1.45. The summed E-state index contributed by atoms with van der Waals surface area (Å²) in [6.45, 7) is 4.01. The van der Waals surface area contributed by atoms with E-state index in [2.05, 4.69) is 11.9 Å². The smallest absolute Gasteiger partial charge is 0.248 e. The SMILES string of the molecule is CCC[C@H](N)c1c[nH]c(=O)cc1C. The van der Waals surface area contributed by atoms with Gasteiger partial charge in [0, 0.05) is 18.3 Å². The van der Waals surface area contributed by atoms with E-state index in [4.69, 9.17) is 5.73 Å². The summed E-state index contributed by atoms with van der Waals surface area (Å²) in [5.41, 5.74) is 7.89. The predicted octanol–water partition coefficient (Wildman–Crippen LogP) is 1.48. The Kier molecular flexibility index (Phi) is 3.25. The molecule has 13 heavy (non-hydrogen) atoms. The van der Waals surface area contributed by atoms with Crippen molar-refractivity contribution >= 4 is 0 Å². The molecule has 1 aromatic heterocycles. The number of rotatable bonds is 3. The highest BCUT2D eigenvalue weighted by Gasteiger charge is 2.07. The number of hydrogen-bond donors (Lipinski definition) is 2. The fraction of sp³-hybridized carbons (Fsp3) is 0.500. The number of nitrogens with one attached hydrogen (secondary N) is 1. The summed E-state index contributed by atoms with van der Waals surface area (Å²) >= 11 is 0. The van der Waals surface area contributed by atoms with Gasteiger partial charge < -0.3 is 10.7 Å². The second-order valence-corrected chi connectivity index (χ2v) is 3.33. The molecule has 3 heteroatoms. The molecule has 0 saturated carbocycles. The number of aromatic nitrogens is 1. The van der Waals surface area contributed by atoms with Crippen molar-refractivity contribution in [2.45, 2.75) is 32.7 Å². The molecular weight excluding hydrogens is 164 g/mol. The number of aryl methyl sites for hydroxylation is 1. The van der Waals surface area contributed by atoms with E-state index in [0.29, 0.717) is 0 Å². The summed E-state index contributed by atoms with van der Waals surface area (Å²) in [6.07, 6.45) is 3.73. The largest absolute Gasteiger partial charge is 0.329 e. The zero-order chi connectivity index (χ0) is 9.84. The molecule has 0 aliphatic rings. The van der Waals surface area contributed by atoms with E-state index in [-0.39, 0.29) is 11.6 Å². The van der Waals surface area contributed by atoms with E-state index in [1.165, 1.54) is 0 Å². The van der Waals surface area contributed by atoms with Gasteiger partial charge in [-0.2, -0.15) is 0 Å². The third-order valence-corrected chi connectivity index (χ3v) is 2.17. The molecule has 1 aromatic rings. The molecule has 0 aliphatic heterocycles. The molecule has 0 unspecified atom stereocenters. The third kappa shape index (κ3) is 2.42. The molecule has 0 aromatic carbocycles. The first-order valence-corrected chi connectivity index (χ1v) is 4.60. The summed E-state index contributed by atoms with van der Waals surface area (Å²) in [5, 5.41) is 0. The Balaban J connectivity index is 2.94. The van der Waals surface area contributed by atoms with Gasteiger partial charge in [-0.25, -0.2) is 0 Å². The predicted molar refractivity (Wildman–Crippen MR) is 53.6 cm³/mol. The van der Waals surface area contributed by atoms with Gasteiger partial charge in [0.1, 0.15) is 0 Å². The number of hydrogen-bond acceptors (Lipinski definition) is 2. The van der Waals surface area contributed by atoms with Crippen molar-refractivity contribution in [1.82, 2.24) is 4.98 Å². The molecule has 0 radical (unpaired) electrons. The van der Waals surface area contributed by atoms with Gasteiger partial charge in [-0.3, -0.25) is 4.79 Å². The van der Waals surface area contributed by atoms with Crippen molar-refractivity contribution in [3.8, 4) is 0 Å². The molecule has 1 atom stereocenters. The first-order valence-electron chi connectivity index (χ1n) is 4.60. The normalized spacial score (nSPS) is 12.8. The summed E-state index contributed by atoms with van der Waals surface area (Å²) in [7, 11) is 0. The van der Waals surface area contributed by atoms with E-state index in [1.54, 1.807) is 12.3 Å². The molecule has 0 bridgehead atoms. The number of nitrogens with two attached hydrogens (primary N) is 1. The Morgan fingerprint density at radius 1 is 1.62 bits per heavy atom. The summed E-state index contributed by atoms with van der Waals surface area (Å²) in [5.74, 6) is 0. The minimum atomic E-state index is -0.0649. The van der Waals surface area contributed by atoms with Crippen molar-refractivity contribution in [1.29, 1.82) is 0 Å². The highest BCUT2D eigenvalue weighted by Crippen LogP contribution is 2.16. The van der Waals surface area contributed by atoms with Crippen LogP contribution in [0.2, 0.25) is 0 Å².